The van der Waals surface area contributed by atoms with Gasteiger partial charge < -0.3 is 10.1 Å². The summed E-state index contributed by atoms with van der Waals surface area (Å²) in [6.45, 7) is 1.87. The molecule has 0 aliphatic heterocycles. The number of aryl methyl sites for hydroxylation is 1. The van der Waals surface area contributed by atoms with Gasteiger partial charge in [-0.3, -0.25) is 0 Å². The number of hydrogen-bond donors (Lipinski definition) is 1. The Morgan fingerprint density at radius 2 is 1.84 bits per heavy atom. The molecule has 2 aromatic rings. The van der Waals surface area contributed by atoms with Gasteiger partial charge in [0.05, 0.1) is 7.11 Å². The molecule has 1 aromatic carbocycles. The van der Waals surface area contributed by atoms with Gasteiger partial charge in [-0.05, 0) is 30.9 Å². The van der Waals surface area contributed by atoms with Crippen LogP contribution in [0.25, 0.3) is 0 Å². The van der Waals surface area contributed by atoms with Crippen LogP contribution in [0.3, 0.4) is 0 Å². The highest BCUT2D eigenvalue weighted by atomic mass is 16.5. The lowest BCUT2D eigenvalue weighted by Gasteiger charge is -2.13. The maximum absolute atomic E-state index is 5.17. The van der Waals surface area contributed by atoms with Crippen molar-refractivity contribution < 1.29 is 4.74 Å². The van der Waals surface area contributed by atoms with E-state index in [-0.39, 0.29) is 0 Å². The van der Waals surface area contributed by atoms with Crippen molar-refractivity contribution in [2.45, 2.75) is 25.8 Å². The number of ether oxygens (including phenoxy) is 1. The molecule has 4 heteroatoms. The summed E-state index contributed by atoms with van der Waals surface area (Å²) in [7, 11) is 1.62. The van der Waals surface area contributed by atoms with Gasteiger partial charge in [0.1, 0.15) is 11.6 Å². The largest absolute Gasteiger partial charge is 0.481 e. The van der Waals surface area contributed by atoms with E-state index in [9.17, 15) is 0 Å². The average molecular weight is 255 g/mol. The van der Waals surface area contributed by atoms with Crippen LogP contribution in [0.1, 0.15) is 17.0 Å². The van der Waals surface area contributed by atoms with E-state index in [0.29, 0.717) is 11.9 Å². The zero-order chi connectivity index (χ0) is 13.2. The molecule has 0 atom stereocenters. The second-order valence-electron chi connectivity index (χ2n) is 4.86. The maximum atomic E-state index is 5.17. The normalized spacial score (nSPS) is 14.2. The third-order valence-electron chi connectivity index (χ3n) is 3.43. The van der Waals surface area contributed by atoms with E-state index in [2.05, 4.69) is 39.6 Å². The SMILES string of the molecule is COc1cc(NC2Cc3ccccc3C2)nc(C)n1. The summed E-state index contributed by atoms with van der Waals surface area (Å²) < 4.78 is 5.17. The molecule has 98 valence electrons. The van der Waals surface area contributed by atoms with Crippen molar-refractivity contribution in [2.24, 2.45) is 0 Å². The Kier molecular flexibility index (Phi) is 3.07. The lowest BCUT2D eigenvalue weighted by atomic mass is 10.1. The van der Waals surface area contributed by atoms with Gasteiger partial charge in [0.15, 0.2) is 0 Å². The van der Waals surface area contributed by atoms with E-state index in [0.717, 1.165) is 24.5 Å². The fraction of sp³-hybridized carbons (Fsp3) is 0.333. The summed E-state index contributed by atoms with van der Waals surface area (Å²) in [5.74, 6) is 2.16. The lowest BCUT2D eigenvalue weighted by molar-refractivity contribution is 0.396. The van der Waals surface area contributed by atoms with Crippen molar-refractivity contribution >= 4 is 5.82 Å². The van der Waals surface area contributed by atoms with Crippen LogP contribution >= 0.6 is 0 Å². The Morgan fingerprint density at radius 1 is 1.16 bits per heavy atom. The van der Waals surface area contributed by atoms with Gasteiger partial charge >= 0.3 is 0 Å². The Morgan fingerprint density at radius 3 is 2.47 bits per heavy atom. The molecule has 3 rings (SSSR count). The van der Waals surface area contributed by atoms with Crippen LogP contribution in [0.5, 0.6) is 5.88 Å². The van der Waals surface area contributed by atoms with E-state index in [1.54, 1.807) is 7.11 Å². The molecule has 0 radical (unpaired) electrons. The third-order valence-corrected chi connectivity index (χ3v) is 3.43. The summed E-state index contributed by atoms with van der Waals surface area (Å²) in [5, 5.41) is 3.47. The highest BCUT2D eigenvalue weighted by molar-refractivity contribution is 5.43. The maximum Gasteiger partial charge on any atom is 0.218 e. The highest BCUT2D eigenvalue weighted by Gasteiger charge is 2.21. The number of nitrogens with one attached hydrogen (secondary N) is 1. The minimum Gasteiger partial charge on any atom is -0.481 e. The molecule has 4 nitrogen and oxygen atoms in total. The summed E-state index contributed by atoms with van der Waals surface area (Å²) in [6, 6.07) is 10.8. The summed E-state index contributed by atoms with van der Waals surface area (Å²) in [4.78, 5) is 8.60. The van der Waals surface area contributed by atoms with Crippen LogP contribution in [0, 0.1) is 6.92 Å². The molecule has 0 amide bonds. The van der Waals surface area contributed by atoms with Gasteiger partial charge in [-0.25, -0.2) is 4.98 Å². The smallest absolute Gasteiger partial charge is 0.218 e. The first-order valence-electron chi connectivity index (χ1n) is 6.47. The quantitative estimate of drug-likeness (QED) is 0.914. The number of hydrogen-bond acceptors (Lipinski definition) is 4. The van der Waals surface area contributed by atoms with Crippen molar-refractivity contribution in [3.05, 3.63) is 47.3 Å². The van der Waals surface area contributed by atoms with Gasteiger partial charge in [-0.15, -0.1) is 0 Å². The van der Waals surface area contributed by atoms with Gasteiger partial charge in [0, 0.05) is 12.1 Å². The lowest BCUT2D eigenvalue weighted by Crippen LogP contribution is -2.20. The predicted octanol–water partition coefficient (Wildman–Crippen LogP) is 2.37. The first kappa shape index (κ1) is 12.0. The molecule has 0 saturated heterocycles. The van der Waals surface area contributed by atoms with Crippen molar-refractivity contribution in [1.82, 2.24) is 9.97 Å². The number of methoxy groups -OCH3 is 1. The van der Waals surface area contributed by atoms with Gasteiger partial charge in [0.2, 0.25) is 5.88 Å². The second-order valence-corrected chi connectivity index (χ2v) is 4.86. The standard InChI is InChI=1S/C15H17N3O/c1-10-16-14(9-15(17-10)19-2)18-13-7-11-5-3-4-6-12(11)8-13/h3-6,9,13H,7-8H2,1-2H3,(H,16,17,18). The van der Waals surface area contributed by atoms with Crippen LogP contribution in [0.2, 0.25) is 0 Å². The minimum absolute atomic E-state index is 0.399. The number of rotatable bonds is 3. The molecule has 0 bridgehead atoms. The number of nitrogens with zero attached hydrogens (tertiary/aromatic N) is 2. The Labute approximate surface area is 112 Å². The van der Waals surface area contributed by atoms with Gasteiger partial charge in [-0.2, -0.15) is 4.98 Å². The molecular formula is C15H17N3O. The minimum atomic E-state index is 0.399. The van der Waals surface area contributed by atoms with Crippen molar-refractivity contribution in [3.63, 3.8) is 0 Å². The van der Waals surface area contributed by atoms with Gasteiger partial charge in [-0.1, -0.05) is 24.3 Å². The van der Waals surface area contributed by atoms with E-state index in [1.807, 2.05) is 13.0 Å². The highest BCUT2D eigenvalue weighted by Crippen LogP contribution is 2.24. The average Bonchev–Trinajstić information content (AvgIpc) is 2.80. The fourth-order valence-electron chi connectivity index (χ4n) is 2.59. The van der Waals surface area contributed by atoms with Crippen LogP contribution in [-0.2, 0) is 12.8 Å². The molecule has 0 fully saturated rings. The molecule has 0 spiro atoms. The topological polar surface area (TPSA) is 47.0 Å². The Hall–Kier alpha value is -2.10. The van der Waals surface area contributed by atoms with E-state index in [1.165, 1.54) is 11.1 Å². The van der Waals surface area contributed by atoms with Crippen LogP contribution < -0.4 is 10.1 Å². The summed E-state index contributed by atoms with van der Waals surface area (Å²) >= 11 is 0. The molecule has 0 saturated carbocycles. The van der Waals surface area contributed by atoms with Crippen molar-refractivity contribution in [3.8, 4) is 5.88 Å². The molecular weight excluding hydrogens is 238 g/mol. The molecule has 1 heterocycles. The number of anilines is 1. The molecule has 1 N–H and O–H groups in total. The van der Waals surface area contributed by atoms with E-state index < -0.39 is 0 Å². The second kappa shape index (κ2) is 4.88. The molecule has 1 aliphatic carbocycles. The number of aromatic nitrogens is 2. The van der Waals surface area contributed by atoms with Crippen LogP contribution in [0.15, 0.2) is 30.3 Å². The Balaban J connectivity index is 1.75. The van der Waals surface area contributed by atoms with Crippen molar-refractivity contribution in [2.75, 3.05) is 12.4 Å². The molecule has 19 heavy (non-hydrogen) atoms. The molecule has 0 unspecified atom stereocenters. The fourth-order valence-corrected chi connectivity index (χ4v) is 2.59. The zero-order valence-corrected chi connectivity index (χ0v) is 11.2. The Bertz CT molecular complexity index is 573. The van der Waals surface area contributed by atoms with Crippen molar-refractivity contribution in [1.29, 1.82) is 0 Å². The zero-order valence-electron chi connectivity index (χ0n) is 11.2. The summed E-state index contributed by atoms with van der Waals surface area (Å²) in [6.07, 6.45) is 2.09. The van der Waals surface area contributed by atoms with Crippen LogP contribution in [-0.4, -0.2) is 23.1 Å². The third kappa shape index (κ3) is 2.52. The van der Waals surface area contributed by atoms with E-state index in [4.69, 9.17) is 4.74 Å². The van der Waals surface area contributed by atoms with Crippen LogP contribution in [0.4, 0.5) is 5.82 Å². The monoisotopic (exact) mass is 255 g/mol. The van der Waals surface area contributed by atoms with E-state index >= 15 is 0 Å². The molecule has 1 aliphatic rings. The molecule has 1 aromatic heterocycles. The number of benzene rings is 1. The van der Waals surface area contributed by atoms with Gasteiger partial charge in [0.25, 0.3) is 0 Å². The first-order valence-corrected chi connectivity index (χ1v) is 6.47. The predicted molar refractivity (Wildman–Crippen MR) is 74.6 cm³/mol. The number of fused-ring (bicyclic) bond motifs is 1. The summed E-state index contributed by atoms with van der Waals surface area (Å²) in [5.41, 5.74) is 2.86. The first-order chi connectivity index (χ1) is 9.24.